The number of carboxylic acid groups (broad SMARTS) is 1. The van der Waals surface area contributed by atoms with Crippen LogP contribution in [0.25, 0.3) is 0 Å². The highest BCUT2D eigenvalue weighted by atomic mass is 19.1. The number of aliphatic carboxylic acids is 1. The Hall–Kier alpha value is -1.95. The molecule has 6 heteroatoms. The predicted octanol–water partition coefficient (Wildman–Crippen LogP) is 2.26. The minimum Gasteiger partial charge on any atom is -0.481 e. The zero-order valence-corrected chi connectivity index (χ0v) is 12.8. The molecule has 1 amide bonds. The second kappa shape index (κ2) is 6.87. The molecule has 1 aliphatic rings. The van der Waals surface area contributed by atoms with Gasteiger partial charge in [-0.05, 0) is 50.9 Å². The maximum atomic E-state index is 13.8. The van der Waals surface area contributed by atoms with Crippen LogP contribution in [0.4, 0.5) is 10.1 Å². The van der Waals surface area contributed by atoms with Crippen molar-refractivity contribution in [2.75, 3.05) is 18.4 Å². The smallest absolute Gasteiger partial charge is 0.307 e. The van der Waals surface area contributed by atoms with Gasteiger partial charge in [-0.15, -0.1) is 0 Å². The third kappa shape index (κ3) is 3.82. The van der Waals surface area contributed by atoms with E-state index in [2.05, 4.69) is 5.32 Å². The van der Waals surface area contributed by atoms with Crippen LogP contribution in [0, 0.1) is 18.7 Å². The molecule has 5 nitrogen and oxygen atoms in total. The summed E-state index contributed by atoms with van der Waals surface area (Å²) >= 11 is 0. The zero-order chi connectivity index (χ0) is 16.3. The third-order valence-electron chi connectivity index (χ3n) is 4.11. The van der Waals surface area contributed by atoms with Crippen LogP contribution in [0.2, 0.25) is 0 Å². The molecule has 1 aromatic rings. The number of carbonyl (C=O) groups excluding carboxylic acids is 1. The standard InChI is InChI=1S/C16H21FN2O3/c1-10-5-6-14(13(17)8-10)18-15(20)11(2)19-7-3-4-12(9-19)16(21)22/h5-6,8,11-12H,3-4,7,9H2,1-2H3,(H,18,20)(H,21,22). The molecule has 2 N–H and O–H groups in total. The molecule has 2 atom stereocenters. The van der Waals surface area contributed by atoms with Gasteiger partial charge >= 0.3 is 5.97 Å². The molecule has 1 fully saturated rings. The number of rotatable bonds is 4. The van der Waals surface area contributed by atoms with Gasteiger partial charge in [0.05, 0.1) is 17.6 Å². The summed E-state index contributed by atoms with van der Waals surface area (Å²) in [5, 5.41) is 11.7. The highest BCUT2D eigenvalue weighted by Crippen LogP contribution is 2.20. The molecular weight excluding hydrogens is 287 g/mol. The molecule has 2 unspecified atom stereocenters. The molecule has 120 valence electrons. The topological polar surface area (TPSA) is 69.6 Å². The van der Waals surface area contributed by atoms with Crippen LogP contribution in [0.1, 0.15) is 25.3 Å². The van der Waals surface area contributed by atoms with Gasteiger partial charge in [-0.1, -0.05) is 6.07 Å². The number of hydrogen-bond acceptors (Lipinski definition) is 3. The van der Waals surface area contributed by atoms with E-state index in [-0.39, 0.29) is 11.6 Å². The third-order valence-corrected chi connectivity index (χ3v) is 4.11. The first-order valence-corrected chi connectivity index (χ1v) is 7.42. The van der Waals surface area contributed by atoms with Crippen molar-refractivity contribution in [3.63, 3.8) is 0 Å². The summed E-state index contributed by atoms with van der Waals surface area (Å²) < 4.78 is 13.8. The van der Waals surface area contributed by atoms with Crippen LogP contribution >= 0.6 is 0 Å². The summed E-state index contributed by atoms with van der Waals surface area (Å²) in [6.45, 7) is 4.51. The van der Waals surface area contributed by atoms with Crippen molar-refractivity contribution in [2.24, 2.45) is 5.92 Å². The molecule has 1 heterocycles. The van der Waals surface area contributed by atoms with E-state index in [1.54, 1.807) is 19.9 Å². The molecule has 0 bridgehead atoms. The van der Waals surface area contributed by atoms with Gasteiger partial charge in [0.25, 0.3) is 0 Å². The lowest BCUT2D eigenvalue weighted by molar-refractivity contribution is -0.144. The first-order valence-electron chi connectivity index (χ1n) is 7.42. The quantitative estimate of drug-likeness (QED) is 0.895. The van der Waals surface area contributed by atoms with E-state index in [1.807, 2.05) is 4.90 Å². The van der Waals surface area contributed by atoms with Crippen molar-refractivity contribution in [3.05, 3.63) is 29.6 Å². The van der Waals surface area contributed by atoms with Crippen molar-refractivity contribution >= 4 is 17.6 Å². The maximum Gasteiger partial charge on any atom is 0.307 e. The van der Waals surface area contributed by atoms with Gasteiger partial charge in [-0.2, -0.15) is 0 Å². The number of carboxylic acids is 1. The molecule has 22 heavy (non-hydrogen) atoms. The van der Waals surface area contributed by atoms with Crippen molar-refractivity contribution in [1.29, 1.82) is 0 Å². The van der Waals surface area contributed by atoms with Gasteiger partial charge in [0.1, 0.15) is 5.82 Å². The summed E-state index contributed by atoms with van der Waals surface area (Å²) in [6.07, 6.45) is 1.38. The summed E-state index contributed by atoms with van der Waals surface area (Å²) in [4.78, 5) is 25.2. The molecular formula is C16H21FN2O3. The summed E-state index contributed by atoms with van der Waals surface area (Å²) in [5.41, 5.74) is 0.929. The number of halogens is 1. The first kappa shape index (κ1) is 16.4. The van der Waals surface area contributed by atoms with Crippen molar-refractivity contribution < 1.29 is 19.1 Å². The second-order valence-corrected chi connectivity index (χ2v) is 5.82. The normalized spacial score (nSPS) is 20.4. The van der Waals surface area contributed by atoms with E-state index >= 15 is 0 Å². The Morgan fingerprint density at radius 1 is 1.45 bits per heavy atom. The molecule has 1 aliphatic heterocycles. The maximum absolute atomic E-state index is 13.8. The average molecular weight is 308 g/mol. The van der Waals surface area contributed by atoms with Crippen LogP contribution in [0.5, 0.6) is 0 Å². The minimum absolute atomic E-state index is 0.147. The van der Waals surface area contributed by atoms with Gasteiger partial charge in [0, 0.05) is 6.54 Å². The Morgan fingerprint density at radius 3 is 2.82 bits per heavy atom. The molecule has 2 rings (SSSR count). The molecule has 0 saturated carbocycles. The number of likely N-dealkylation sites (tertiary alicyclic amines) is 1. The highest BCUT2D eigenvalue weighted by molar-refractivity contribution is 5.94. The number of anilines is 1. The number of hydrogen-bond donors (Lipinski definition) is 2. The second-order valence-electron chi connectivity index (χ2n) is 5.82. The Labute approximate surface area is 129 Å². The molecule has 0 aromatic heterocycles. The monoisotopic (exact) mass is 308 g/mol. The fourth-order valence-electron chi connectivity index (χ4n) is 2.68. The Morgan fingerprint density at radius 2 is 2.18 bits per heavy atom. The van der Waals surface area contributed by atoms with Crippen molar-refractivity contribution in [3.8, 4) is 0 Å². The lowest BCUT2D eigenvalue weighted by Crippen LogP contribution is -2.48. The van der Waals surface area contributed by atoms with E-state index in [9.17, 15) is 14.0 Å². The lowest BCUT2D eigenvalue weighted by atomic mass is 9.97. The average Bonchev–Trinajstić information content (AvgIpc) is 2.49. The molecule has 1 saturated heterocycles. The Bertz CT molecular complexity index is 577. The fraction of sp³-hybridized carbons (Fsp3) is 0.500. The van der Waals surface area contributed by atoms with Gasteiger partial charge in [-0.25, -0.2) is 4.39 Å². The van der Waals surface area contributed by atoms with E-state index < -0.39 is 23.7 Å². The van der Waals surface area contributed by atoms with Gasteiger partial charge in [0.15, 0.2) is 0 Å². The summed E-state index contributed by atoms with van der Waals surface area (Å²) in [7, 11) is 0. The van der Waals surface area contributed by atoms with Crippen LogP contribution in [0.3, 0.4) is 0 Å². The van der Waals surface area contributed by atoms with Crippen LogP contribution in [-0.4, -0.2) is 41.0 Å². The summed E-state index contributed by atoms with van der Waals surface area (Å²) in [6, 6.07) is 4.13. The molecule has 0 aliphatic carbocycles. The highest BCUT2D eigenvalue weighted by Gasteiger charge is 2.30. The van der Waals surface area contributed by atoms with E-state index in [0.717, 1.165) is 12.0 Å². The molecule has 1 aromatic carbocycles. The number of nitrogens with one attached hydrogen (secondary N) is 1. The number of piperidine rings is 1. The fourth-order valence-corrected chi connectivity index (χ4v) is 2.68. The number of benzene rings is 1. The largest absolute Gasteiger partial charge is 0.481 e. The van der Waals surface area contributed by atoms with Crippen molar-refractivity contribution in [2.45, 2.75) is 32.7 Å². The number of aryl methyl sites for hydroxylation is 1. The van der Waals surface area contributed by atoms with Crippen molar-refractivity contribution in [1.82, 2.24) is 4.90 Å². The Balaban J connectivity index is 2.01. The number of carbonyl (C=O) groups is 2. The van der Waals surface area contributed by atoms with E-state index in [4.69, 9.17) is 5.11 Å². The molecule has 0 radical (unpaired) electrons. The zero-order valence-electron chi connectivity index (χ0n) is 12.8. The van der Waals surface area contributed by atoms with E-state index in [0.29, 0.717) is 19.5 Å². The van der Waals surface area contributed by atoms with Crippen LogP contribution < -0.4 is 5.32 Å². The number of nitrogens with zero attached hydrogens (tertiary/aromatic N) is 1. The van der Waals surface area contributed by atoms with Crippen LogP contribution in [0.15, 0.2) is 18.2 Å². The van der Waals surface area contributed by atoms with Gasteiger partial charge in [-0.3, -0.25) is 14.5 Å². The van der Waals surface area contributed by atoms with Crippen LogP contribution in [-0.2, 0) is 9.59 Å². The lowest BCUT2D eigenvalue weighted by Gasteiger charge is -2.34. The Kier molecular flexibility index (Phi) is 5.13. The van der Waals surface area contributed by atoms with E-state index in [1.165, 1.54) is 12.1 Å². The number of amides is 1. The van der Waals surface area contributed by atoms with Gasteiger partial charge in [0.2, 0.25) is 5.91 Å². The summed E-state index contributed by atoms with van der Waals surface area (Å²) in [5.74, 6) is -2.07. The first-order chi connectivity index (χ1) is 10.4. The predicted molar refractivity (Wildman–Crippen MR) is 81.2 cm³/mol. The SMILES string of the molecule is Cc1ccc(NC(=O)C(C)N2CCCC(C(=O)O)C2)c(F)c1. The minimum atomic E-state index is -0.832. The van der Waals surface area contributed by atoms with Gasteiger partial charge < -0.3 is 10.4 Å². The molecule has 0 spiro atoms.